The molecule has 0 heterocycles. The highest BCUT2D eigenvalue weighted by Gasteiger charge is 2.24. The monoisotopic (exact) mass is 230 g/mol. The molecule has 0 saturated heterocycles. The van der Waals surface area contributed by atoms with Crippen LogP contribution in [0.5, 0.6) is 0 Å². The van der Waals surface area contributed by atoms with Gasteiger partial charge < -0.3 is 9.79 Å². The Morgan fingerprint density at radius 3 is 1.93 bits per heavy atom. The zero-order chi connectivity index (χ0) is 11.9. The minimum atomic E-state index is -3.98. The van der Waals surface area contributed by atoms with E-state index < -0.39 is 13.3 Å². The van der Waals surface area contributed by atoms with Gasteiger partial charge in [-0.2, -0.15) is 0 Å². The molecule has 1 unspecified atom stereocenters. The first-order valence-corrected chi connectivity index (χ1v) is 6.71. The summed E-state index contributed by atoms with van der Waals surface area (Å²) in [7, 11) is -3.98. The minimum Gasteiger partial charge on any atom is -0.324 e. The van der Waals surface area contributed by atoms with Gasteiger partial charge in [0, 0.05) is 0 Å². The summed E-state index contributed by atoms with van der Waals surface area (Å²) >= 11 is 0. The molecular weight excluding hydrogens is 211 g/mol. The molecule has 0 aliphatic rings. The van der Waals surface area contributed by atoms with Crippen LogP contribution in [-0.2, 0) is 4.57 Å². The van der Waals surface area contributed by atoms with E-state index >= 15 is 0 Å². The molecule has 4 heteroatoms. The second-order valence-corrected chi connectivity index (χ2v) is 5.34. The quantitative estimate of drug-likeness (QED) is 0.766. The van der Waals surface area contributed by atoms with Crippen molar-refractivity contribution in [3.63, 3.8) is 0 Å². The van der Waals surface area contributed by atoms with Gasteiger partial charge in [-0.1, -0.05) is 50.6 Å². The summed E-state index contributed by atoms with van der Waals surface area (Å²) < 4.78 is 10.8. The Balaban J connectivity index is 0.000000583. The highest BCUT2D eigenvalue weighted by molar-refractivity contribution is 7.52. The Kier molecular flexibility index (Phi) is 6.50. The molecule has 1 aromatic rings. The molecule has 0 saturated carbocycles. The van der Waals surface area contributed by atoms with Gasteiger partial charge in [0.15, 0.2) is 0 Å². The van der Waals surface area contributed by atoms with Crippen molar-refractivity contribution < 1.29 is 14.4 Å². The van der Waals surface area contributed by atoms with E-state index in [1.165, 1.54) is 13.3 Å². The predicted molar refractivity (Wildman–Crippen MR) is 62.9 cm³/mol. The molecule has 0 radical (unpaired) electrons. The van der Waals surface area contributed by atoms with E-state index in [0.717, 1.165) is 0 Å². The molecule has 1 rings (SSSR count). The zero-order valence-corrected chi connectivity index (χ0v) is 10.3. The summed E-state index contributed by atoms with van der Waals surface area (Å²) in [5.74, 6) is 0. The fraction of sp³-hybridized carbons (Fsp3) is 0.455. The van der Waals surface area contributed by atoms with E-state index in [2.05, 4.69) is 13.8 Å². The number of rotatable bonds is 2. The van der Waals surface area contributed by atoms with Gasteiger partial charge in [-0.3, -0.25) is 4.57 Å². The van der Waals surface area contributed by atoms with Crippen LogP contribution in [0.3, 0.4) is 0 Å². The Morgan fingerprint density at radius 1 is 1.20 bits per heavy atom. The van der Waals surface area contributed by atoms with Gasteiger partial charge in [0.1, 0.15) is 0 Å². The average molecular weight is 230 g/mol. The molecule has 86 valence electrons. The van der Waals surface area contributed by atoms with Crippen molar-refractivity contribution >= 4 is 7.60 Å². The van der Waals surface area contributed by atoms with Gasteiger partial charge in [-0.15, -0.1) is 0 Å². The lowest BCUT2D eigenvalue weighted by Gasteiger charge is -2.12. The van der Waals surface area contributed by atoms with Crippen LogP contribution in [0.15, 0.2) is 30.3 Å². The summed E-state index contributed by atoms with van der Waals surface area (Å²) in [6, 6.07) is 8.77. The summed E-state index contributed by atoms with van der Waals surface area (Å²) in [5.41, 5.74) is -0.0375. The summed E-state index contributed by atoms with van der Waals surface area (Å²) in [6.07, 6.45) is 1.25. The maximum Gasteiger partial charge on any atom is 0.332 e. The highest BCUT2D eigenvalue weighted by atomic mass is 31.2. The van der Waals surface area contributed by atoms with E-state index in [9.17, 15) is 4.57 Å². The molecule has 0 spiro atoms. The summed E-state index contributed by atoms with van der Waals surface area (Å²) in [6.45, 7) is 5.77. The molecule has 0 amide bonds. The van der Waals surface area contributed by atoms with E-state index in [0.29, 0.717) is 5.56 Å². The number of hydrogen-bond acceptors (Lipinski definition) is 1. The molecule has 2 N–H and O–H groups in total. The predicted octanol–water partition coefficient (Wildman–Crippen LogP) is 3.34. The van der Waals surface area contributed by atoms with Gasteiger partial charge in [-0.25, -0.2) is 0 Å². The molecule has 0 bridgehead atoms. The van der Waals surface area contributed by atoms with Crippen molar-refractivity contribution in [3.8, 4) is 0 Å². The molecule has 0 aliphatic heterocycles. The Morgan fingerprint density at radius 2 is 1.60 bits per heavy atom. The summed E-state index contributed by atoms with van der Waals surface area (Å²) in [5, 5.41) is 0. The van der Waals surface area contributed by atoms with Crippen molar-refractivity contribution in [2.45, 2.75) is 32.9 Å². The van der Waals surface area contributed by atoms with Crippen LogP contribution in [0.25, 0.3) is 0 Å². The molecular formula is C11H19O3P. The summed E-state index contributed by atoms with van der Waals surface area (Å²) in [4.78, 5) is 17.7. The minimum absolute atomic E-state index is 0.672. The molecule has 3 nitrogen and oxygen atoms in total. The third-order valence-corrected chi connectivity index (χ3v) is 3.09. The van der Waals surface area contributed by atoms with E-state index in [4.69, 9.17) is 9.79 Å². The fourth-order valence-electron chi connectivity index (χ4n) is 0.926. The average Bonchev–Trinajstić information content (AvgIpc) is 2.18. The fourth-order valence-corrected chi connectivity index (χ4v) is 1.49. The maximum atomic E-state index is 10.8. The van der Waals surface area contributed by atoms with Crippen LogP contribution in [0.2, 0.25) is 0 Å². The molecule has 1 aromatic carbocycles. The van der Waals surface area contributed by atoms with Crippen LogP contribution in [0.1, 0.15) is 38.4 Å². The third kappa shape index (κ3) is 5.73. The van der Waals surface area contributed by atoms with Crippen molar-refractivity contribution in [2.75, 3.05) is 0 Å². The molecule has 0 aliphatic carbocycles. The standard InChI is InChI=1S/C8H11O3P.C3H8/c1-7(12(9,10)11)8-5-3-2-4-6-8;1-3-2/h2-7H,1H3,(H2,9,10,11);3H2,1-2H3. The lowest BCUT2D eigenvalue weighted by atomic mass is 10.2. The van der Waals surface area contributed by atoms with Gasteiger partial charge in [0.25, 0.3) is 0 Å². The topological polar surface area (TPSA) is 57.5 Å². The number of benzene rings is 1. The molecule has 0 aromatic heterocycles. The largest absolute Gasteiger partial charge is 0.332 e. The van der Waals surface area contributed by atoms with Gasteiger partial charge >= 0.3 is 7.60 Å². The van der Waals surface area contributed by atoms with Crippen molar-refractivity contribution in [2.24, 2.45) is 0 Å². The van der Waals surface area contributed by atoms with E-state index in [1.54, 1.807) is 24.3 Å². The Hall–Kier alpha value is -0.630. The normalized spacial score (nSPS) is 12.6. The lowest BCUT2D eigenvalue weighted by Crippen LogP contribution is -1.93. The van der Waals surface area contributed by atoms with E-state index in [-0.39, 0.29) is 0 Å². The SMILES string of the molecule is CC(c1ccccc1)P(=O)(O)O.CCC. The first-order chi connectivity index (χ1) is 6.93. The Bertz CT molecular complexity index is 305. The molecule has 0 fully saturated rings. The first-order valence-electron chi connectivity index (χ1n) is 5.03. The zero-order valence-electron chi connectivity index (χ0n) is 9.42. The van der Waals surface area contributed by atoms with Crippen LogP contribution < -0.4 is 0 Å². The van der Waals surface area contributed by atoms with Crippen molar-refractivity contribution in [1.82, 2.24) is 0 Å². The Labute approximate surface area is 91.3 Å². The van der Waals surface area contributed by atoms with Gasteiger partial charge in [0.05, 0.1) is 5.66 Å². The van der Waals surface area contributed by atoms with Gasteiger partial charge in [0.2, 0.25) is 0 Å². The highest BCUT2D eigenvalue weighted by Crippen LogP contribution is 2.51. The van der Waals surface area contributed by atoms with Crippen LogP contribution in [0, 0.1) is 0 Å². The second-order valence-electron chi connectivity index (χ2n) is 3.38. The van der Waals surface area contributed by atoms with Gasteiger partial charge in [-0.05, 0) is 12.5 Å². The van der Waals surface area contributed by atoms with Crippen LogP contribution in [-0.4, -0.2) is 9.79 Å². The van der Waals surface area contributed by atoms with Crippen LogP contribution >= 0.6 is 7.60 Å². The first kappa shape index (κ1) is 14.4. The van der Waals surface area contributed by atoms with Crippen molar-refractivity contribution in [3.05, 3.63) is 35.9 Å². The number of hydrogen-bond donors (Lipinski definition) is 2. The second kappa shape index (κ2) is 6.78. The smallest absolute Gasteiger partial charge is 0.324 e. The van der Waals surface area contributed by atoms with E-state index in [1.807, 2.05) is 6.07 Å². The van der Waals surface area contributed by atoms with Crippen molar-refractivity contribution in [1.29, 1.82) is 0 Å². The molecule has 15 heavy (non-hydrogen) atoms. The molecule has 1 atom stereocenters. The lowest BCUT2D eigenvalue weighted by molar-refractivity contribution is 0.362. The third-order valence-electron chi connectivity index (χ3n) is 1.79. The maximum absolute atomic E-state index is 10.8. The van der Waals surface area contributed by atoms with Crippen LogP contribution in [0.4, 0.5) is 0 Å².